The van der Waals surface area contributed by atoms with Crippen LogP contribution in [0.2, 0.25) is 0 Å². The highest BCUT2D eigenvalue weighted by atomic mass is 127. The number of aryl methyl sites for hydroxylation is 2. The van der Waals surface area contributed by atoms with Gasteiger partial charge in [0.25, 0.3) is 31.7 Å². The molecule has 0 aliphatic carbocycles. The first-order valence-electron chi connectivity index (χ1n) is 16.4. The van der Waals surface area contributed by atoms with E-state index in [1.165, 1.54) is 6.07 Å². The number of nitro groups is 1. The number of fused-ring (bicyclic) bond motifs is 2. The lowest BCUT2D eigenvalue weighted by Crippen LogP contribution is -2.37. The van der Waals surface area contributed by atoms with Crippen LogP contribution in [-0.4, -0.2) is 67.1 Å². The predicted molar refractivity (Wildman–Crippen MR) is 221 cm³/mol. The normalized spacial score (nSPS) is 14.2. The topological polar surface area (TPSA) is 176 Å². The van der Waals surface area contributed by atoms with E-state index in [1.54, 1.807) is 19.2 Å². The lowest BCUT2D eigenvalue weighted by atomic mass is 10.0. The van der Waals surface area contributed by atoms with Gasteiger partial charge in [-0.1, -0.05) is 6.08 Å². The summed E-state index contributed by atoms with van der Waals surface area (Å²) in [4.78, 5) is 15.1. The minimum Gasteiger partial charge on any atom is -0.495 e. The van der Waals surface area contributed by atoms with E-state index in [1.807, 2.05) is 65.8 Å². The number of allylic oxidation sites excluding steroid dienone is 2. The van der Waals surface area contributed by atoms with Gasteiger partial charge in [0.1, 0.15) is 11.6 Å². The van der Waals surface area contributed by atoms with Crippen molar-refractivity contribution in [2.75, 3.05) is 41.5 Å². The van der Waals surface area contributed by atoms with E-state index in [-0.39, 0.29) is 25.1 Å². The van der Waals surface area contributed by atoms with Gasteiger partial charge in [0.15, 0.2) is 11.0 Å². The molecular formula is C34H37Br2IN5O9S2+. The van der Waals surface area contributed by atoms with Gasteiger partial charge >= 0.3 is 0 Å². The average Bonchev–Trinajstić information content (AvgIpc) is 3.51. The number of benzene rings is 3. The van der Waals surface area contributed by atoms with Crippen molar-refractivity contribution < 1.29 is 40.2 Å². The Bertz CT molecular complexity index is 2370. The SMILES string of the molecule is CCN1/C(=C\C=C\c2n(CC)c3cc(Br)c(OC)cc3[n+]2CCCS(=O)(=O)O)N(CCCS(=O)(=O)O)c2cc(-c3ccc([N+](=O)[O-])c(Br)c3)c(I)cc21. The van der Waals surface area contributed by atoms with Gasteiger partial charge in [0.05, 0.1) is 56.9 Å². The molecular weight excluding hydrogens is 973 g/mol. The van der Waals surface area contributed by atoms with Gasteiger partial charge in [0.2, 0.25) is 0 Å². The van der Waals surface area contributed by atoms with Crippen LogP contribution in [0.25, 0.3) is 28.2 Å². The lowest BCUT2D eigenvalue weighted by molar-refractivity contribution is -0.673. The van der Waals surface area contributed by atoms with Crippen LogP contribution in [0.3, 0.4) is 0 Å². The summed E-state index contributed by atoms with van der Waals surface area (Å²) in [5.41, 5.74) is 4.90. The third-order valence-electron chi connectivity index (χ3n) is 8.73. The first kappa shape index (κ1) is 41.1. The Kier molecular flexibility index (Phi) is 13.0. The summed E-state index contributed by atoms with van der Waals surface area (Å²) in [5.74, 6) is 1.30. The number of hydrogen-bond acceptors (Lipinski definition) is 9. The van der Waals surface area contributed by atoms with Crippen LogP contribution >= 0.6 is 54.5 Å². The molecule has 284 valence electrons. The van der Waals surface area contributed by atoms with Crippen molar-refractivity contribution in [2.45, 2.75) is 39.8 Å². The second-order valence-electron chi connectivity index (χ2n) is 12.0. The highest BCUT2D eigenvalue weighted by Crippen LogP contribution is 2.46. The zero-order valence-electron chi connectivity index (χ0n) is 28.9. The minimum absolute atomic E-state index is 0.0560. The number of hydrogen-bond donors (Lipinski definition) is 2. The number of ether oxygens (including phenoxy) is 1. The van der Waals surface area contributed by atoms with E-state index < -0.39 is 36.7 Å². The van der Waals surface area contributed by atoms with Gasteiger partial charge in [-0.05, 0) is 116 Å². The Morgan fingerprint density at radius 3 is 2.23 bits per heavy atom. The second-order valence-corrected chi connectivity index (χ2v) is 18.0. The maximum Gasteiger partial charge on any atom is 0.283 e. The summed E-state index contributed by atoms with van der Waals surface area (Å²) in [6, 6.07) is 12.7. The molecule has 0 radical (unpaired) electrons. The van der Waals surface area contributed by atoms with Crippen LogP contribution < -0.4 is 19.1 Å². The minimum atomic E-state index is -4.21. The highest BCUT2D eigenvalue weighted by molar-refractivity contribution is 14.1. The van der Waals surface area contributed by atoms with Crippen LogP contribution in [0, 0.1) is 13.7 Å². The lowest BCUT2D eigenvalue weighted by Gasteiger charge is -2.24. The van der Waals surface area contributed by atoms with E-state index in [9.17, 15) is 36.1 Å². The summed E-state index contributed by atoms with van der Waals surface area (Å²) in [7, 11) is -6.82. The van der Waals surface area contributed by atoms with Gasteiger partial charge in [-0.25, -0.2) is 9.13 Å². The standard InChI is InChI=1S/C34H36Br2IN5O9S2/c1-4-38-29-19-25(36)32(51-3)21-31(29)41(14-8-16-53(48,49)50)33(38)9-6-10-34-39(5-2)30-20-26(37)23(22-11-12-27(42(43)44)24(35)17-22)18-28(30)40(34)13-7-15-52(45,46)47/h6,9-12,17-21H,4-5,7-8,13-16H2,1-3H3,(H-,45,46,47,48,49,50)/p+1. The van der Waals surface area contributed by atoms with Crippen molar-refractivity contribution in [1.29, 1.82) is 0 Å². The quantitative estimate of drug-likeness (QED) is 0.0399. The number of anilines is 2. The molecule has 2 heterocycles. The van der Waals surface area contributed by atoms with E-state index in [0.717, 1.165) is 53.2 Å². The smallest absolute Gasteiger partial charge is 0.283 e. The van der Waals surface area contributed by atoms with Gasteiger partial charge in [-0.2, -0.15) is 16.8 Å². The Morgan fingerprint density at radius 1 is 0.943 bits per heavy atom. The summed E-state index contributed by atoms with van der Waals surface area (Å²) in [6.45, 7) is 5.70. The fourth-order valence-electron chi connectivity index (χ4n) is 6.46. The number of halogens is 3. The molecule has 0 fully saturated rings. The Balaban J connectivity index is 1.63. The number of methoxy groups -OCH3 is 1. The van der Waals surface area contributed by atoms with Crippen molar-refractivity contribution in [3.8, 4) is 16.9 Å². The number of rotatable bonds is 15. The van der Waals surface area contributed by atoms with Gasteiger partial charge < -0.3 is 14.5 Å². The molecule has 1 aliphatic heterocycles. The largest absolute Gasteiger partial charge is 0.495 e. The second kappa shape index (κ2) is 16.7. The molecule has 19 heteroatoms. The molecule has 0 spiro atoms. The first-order chi connectivity index (χ1) is 25.0. The van der Waals surface area contributed by atoms with E-state index in [4.69, 9.17) is 4.74 Å². The summed E-state index contributed by atoms with van der Waals surface area (Å²) in [6.07, 6.45) is 6.02. The molecule has 5 rings (SSSR count). The zero-order chi connectivity index (χ0) is 38.8. The highest BCUT2D eigenvalue weighted by Gasteiger charge is 2.32. The van der Waals surface area contributed by atoms with Gasteiger partial charge in [-0.15, -0.1) is 0 Å². The van der Waals surface area contributed by atoms with Crippen molar-refractivity contribution in [3.63, 3.8) is 0 Å². The molecule has 4 aromatic rings. The summed E-state index contributed by atoms with van der Waals surface area (Å²) >= 11 is 9.14. The van der Waals surface area contributed by atoms with Crippen molar-refractivity contribution in [1.82, 2.24) is 4.57 Å². The van der Waals surface area contributed by atoms with E-state index in [0.29, 0.717) is 29.9 Å². The fourth-order valence-corrected chi connectivity index (χ4v) is 9.23. The summed E-state index contributed by atoms with van der Waals surface area (Å²) in [5, 5.41) is 11.5. The van der Waals surface area contributed by atoms with Gasteiger partial charge in [0, 0.05) is 47.4 Å². The Morgan fingerprint density at radius 2 is 1.62 bits per heavy atom. The molecule has 0 unspecified atom stereocenters. The van der Waals surface area contributed by atoms with Crippen molar-refractivity contribution in [2.24, 2.45) is 0 Å². The van der Waals surface area contributed by atoms with E-state index >= 15 is 0 Å². The van der Waals surface area contributed by atoms with Crippen LogP contribution in [0.1, 0.15) is 32.5 Å². The van der Waals surface area contributed by atoms with Crippen LogP contribution in [0.15, 0.2) is 69.4 Å². The average molecular weight is 1010 g/mol. The van der Waals surface area contributed by atoms with Crippen LogP contribution in [-0.2, 0) is 33.3 Å². The maximum absolute atomic E-state index is 11.7. The molecule has 0 atom stereocenters. The van der Waals surface area contributed by atoms with Crippen LogP contribution in [0.4, 0.5) is 17.1 Å². The molecule has 3 aromatic carbocycles. The molecule has 0 amide bonds. The van der Waals surface area contributed by atoms with Gasteiger partial charge in [-0.3, -0.25) is 19.2 Å². The predicted octanol–water partition coefficient (Wildman–Crippen LogP) is 7.42. The monoisotopic (exact) mass is 1010 g/mol. The van der Waals surface area contributed by atoms with Crippen molar-refractivity contribution >= 4 is 109 Å². The number of nitro benzene ring substituents is 1. The number of aromatic nitrogens is 2. The zero-order valence-corrected chi connectivity index (χ0v) is 35.8. The Labute approximate surface area is 338 Å². The third-order valence-corrected chi connectivity index (χ3v) is 12.5. The maximum atomic E-state index is 11.7. The molecule has 14 nitrogen and oxygen atoms in total. The summed E-state index contributed by atoms with van der Waals surface area (Å²) < 4.78 is 77.2. The molecule has 0 saturated carbocycles. The van der Waals surface area contributed by atoms with Crippen LogP contribution in [0.5, 0.6) is 5.75 Å². The molecule has 1 aliphatic rings. The number of nitrogens with zero attached hydrogens (tertiary/aromatic N) is 5. The molecule has 1 aromatic heterocycles. The fraction of sp³-hybridized carbons (Fsp3) is 0.324. The Hall–Kier alpha value is -3.08. The first-order valence-corrected chi connectivity index (χ1v) is 22.3. The number of imidazole rings is 1. The molecule has 0 saturated heterocycles. The third kappa shape index (κ3) is 9.25. The molecule has 2 N–H and O–H groups in total. The van der Waals surface area contributed by atoms with Crippen molar-refractivity contribution in [3.05, 3.63) is 88.9 Å². The molecule has 53 heavy (non-hydrogen) atoms. The van der Waals surface area contributed by atoms with E-state index in [2.05, 4.69) is 63.9 Å². The molecule has 0 bridgehead atoms.